The molecule has 0 saturated heterocycles. The van der Waals surface area contributed by atoms with E-state index in [9.17, 15) is 4.39 Å². The highest BCUT2D eigenvalue weighted by Gasteiger charge is 2.28. The normalized spacial score (nSPS) is 24.0. The number of hydrogen-bond acceptors (Lipinski definition) is 1. The molecule has 1 saturated carbocycles. The summed E-state index contributed by atoms with van der Waals surface area (Å²) >= 11 is 3.55. The Kier molecular flexibility index (Phi) is 6.03. The molecular formula is C17H25BrFN. The fourth-order valence-electron chi connectivity index (χ4n) is 3.29. The van der Waals surface area contributed by atoms with Gasteiger partial charge in [0, 0.05) is 10.5 Å². The molecule has 1 aliphatic carbocycles. The average Bonchev–Trinajstić information content (AvgIpc) is 2.85. The first-order chi connectivity index (χ1) is 9.60. The molecular weight excluding hydrogens is 317 g/mol. The molecule has 1 aromatic rings. The zero-order valence-electron chi connectivity index (χ0n) is 12.5. The van der Waals surface area contributed by atoms with E-state index in [2.05, 4.69) is 35.1 Å². The number of benzene rings is 1. The predicted octanol–water partition coefficient (Wildman–Crippen LogP) is 4.94. The van der Waals surface area contributed by atoms with Gasteiger partial charge in [0.25, 0.3) is 0 Å². The Bertz CT molecular complexity index is 435. The molecule has 1 nitrogen and oxygen atoms in total. The van der Waals surface area contributed by atoms with Crippen molar-refractivity contribution in [2.45, 2.75) is 52.0 Å². The van der Waals surface area contributed by atoms with Crippen LogP contribution in [0.15, 0.2) is 22.7 Å². The van der Waals surface area contributed by atoms with Crippen molar-refractivity contribution in [1.29, 1.82) is 0 Å². The smallest absolute Gasteiger partial charge is 0.123 e. The first-order valence-corrected chi connectivity index (χ1v) is 8.56. The van der Waals surface area contributed by atoms with Crippen LogP contribution in [0, 0.1) is 17.7 Å². The lowest BCUT2D eigenvalue weighted by Crippen LogP contribution is -2.37. The van der Waals surface area contributed by atoms with Crippen LogP contribution in [0.2, 0.25) is 0 Å². The minimum atomic E-state index is -0.141. The Morgan fingerprint density at radius 2 is 2.20 bits per heavy atom. The van der Waals surface area contributed by atoms with Gasteiger partial charge >= 0.3 is 0 Å². The third-order valence-electron chi connectivity index (χ3n) is 4.41. The van der Waals surface area contributed by atoms with Gasteiger partial charge in [0.05, 0.1) is 0 Å². The Morgan fingerprint density at radius 3 is 2.85 bits per heavy atom. The SMILES string of the molecule is CCCNC(Cc1cc(F)ccc1Br)C1CCC(C)C1. The maximum Gasteiger partial charge on any atom is 0.123 e. The third-order valence-corrected chi connectivity index (χ3v) is 5.18. The van der Waals surface area contributed by atoms with E-state index in [-0.39, 0.29) is 5.82 Å². The molecule has 0 radical (unpaired) electrons. The first-order valence-electron chi connectivity index (χ1n) is 7.77. The molecule has 3 atom stereocenters. The van der Waals surface area contributed by atoms with E-state index in [1.165, 1.54) is 25.3 Å². The van der Waals surface area contributed by atoms with Crippen molar-refractivity contribution >= 4 is 15.9 Å². The van der Waals surface area contributed by atoms with Gasteiger partial charge in [0.15, 0.2) is 0 Å². The maximum atomic E-state index is 13.4. The molecule has 20 heavy (non-hydrogen) atoms. The summed E-state index contributed by atoms with van der Waals surface area (Å²) in [5.74, 6) is 1.42. The molecule has 1 aromatic carbocycles. The van der Waals surface area contributed by atoms with Crippen molar-refractivity contribution in [2.75, 3.05) is 6.54 Å². The molecule has 112 valence electrons. The Hall–Kier alpha value is -0.410. The van der Waals surface area contributed by atoms with Crippen LogP contribution in [0.5, 0.6) is 0 Å². The number of nitrogens with one attached hydrogen (secondary N) is 1. The summed E-state index contributed by atoms with van der Waals surface area (Å²) in [6.07, 6.45) is 5.99. The van der Waals surface area contributed by atoms with E-state index >= 15 is 0 Å². The monoisotopic (exact) mass is 341 g/mol. The summed E-state index contributed by atoms with van der Waals surface area (Å²) < 4.78 is 14.5. The standard InChI is InChI=1S/C17H25BrFN/c1-3-8-20-17(13-5-4-12(2)9-13)11-14-10-15(19)6-7-16(14)18/h6-7,10,12-13,17,20H,3-5,8-9,11H2,1-2H3. The van der Waals surface area contributed by atoms with Gasteiger partial charge in [-0.3, -0.25) is 0 Å². The van der Waals surface area contributed by atoms with Crippen LogP contribution in [0.25, 0.3) is 0 Å². The van der Waals surface area contributed by atoms with Gasteiger partial charge in [0.2, 0.25) is 0 Å². The van der Waals surface area contributed by atoms with Crippen molar-refractivity contribution in [3.63, 3.8) is 0 Å². The van der Waals surface area contributed by atoms with E-state index in [1.54, 1.807) is 6.07 Å². The predicted molar refractivity (Wildman–Crippen MR) is 86.4 cm³/mol. The molecule has 0 spiro atoms. The Morgan fingerprint density at radius 1 is 1.40 bits per heavy atom. The van der Waals surface area contributed by atoms with Crippen LogP contribution >= 0.6 is 15.9 Å². The zero-order chi connectivity index (χ0) is 14.5. The third kappa shape index (κ3) is 4.29. The van der Waals surface area contributed by atoms with Gasteiger partial charge in [-0.25, -0.2) is 4.39 Å². The number of halogens is 2. The minimum Gasteiger partial charge on any atom is -0.313 e. The number of rotatable bonds is 6. The van der Waals surface area contributed by atoms with E-state index in [4.69, 9.17) is 0 Å². The van der Waals surface area contributed by atoms with Crippen molar-refractivity contribution in [1.82, 2.24) is 5.32 Å². The van der Waals surface area contributed by atoms with E-state index in [0.717, 1.165) is 41.3 Å². The van der Waals surface area contributed by atoms with Crippen molar-refractivity contribution in [3.8, 4) is 0 Å². The van der Waals surface area contributed by atoms with Gasteiger partial charge in [0.1, 0.15) is 5.82 Å². The topological polar surface area (TPSA) is 12.0 Å². The molecule has 1 N–H and O–H groups in total. The number of hydrogen-bond donors (Lipinski definition) is 1. The van der Waals surface area contributed by atoms with Gasteiger partial charge in [-0.05, 0) is 67.8 Å². The van der Waals surface area contributed by atoms with Crippen molar-refractivity contribution < 1.29 is 4.39 Å². The molecule has 0 aromatic heterocycles. The summed E-state index contributed by atoms with van der Waals surface area (Å²) in [7, 11) is 0. The quantitative estimate of drug-likeness (QED) is 0.772. The fourth-order valence-corrected chi connectivity index (χ4v) is 3.70. The van der Waals surface area contributed by atoms with Crippen molar-refractivity contribution in [2.24, 2.45) is 11.8 Å². The molecule has 0 bridgehead atoms. The molecule has 3 heteroatoms. The summed E-state index contributed by atoms with van der Waals surface area (Å²) in [5.41, 5.74) is 1.08. The van der Waals surface area contributed by atoms with E-state index in [1.807, 2.05) is 6.07 Å². The second-order valence-corrected chi connectivity index (χ2v) is 7.03. The highest BCUT2D eigenvalue weighted by molar-refractivity contribution is 9.10. The first kappa shape index (κ1) is 16.0. The zero-order valence-corrected chi connectivity index (χ0v) is 14.0. The van der Waals surface area contributed by atoms with Gasteiger partial charge < -0.3 is 5.32 Å². The summed E-state index contributed by atoms with van der Waals surface area (Å²) in [6, 6.07) is 5.47. The molecule has 0 aliphatic heterocycles. The van der Waals surface area contributed by atoms with Crippen LogP contribution < -0.4 is 5.32 Å². The van der Waals surface area contributed by atoms with Gasteiger partial charge in [-0.1, -0.05) is 36.2 Å². The largest absolute Gasteiger partial charge is 0.313 e. The lowest BCUT2D eigenvalue weighted by atomic mass is 9.91. The summed E-state index contributed by atoms with van der Waals surface area (Å²) in [4.78, 5) is 0. The summed E-state index contributed by atoms with van der Waals surface area (Å²) in [6.45, 7) is 5.58. The Balaban J connectivity index is 2.08. The summed E-state index contributed by atoms with van der Waals surface area (Å²) in [5, 5.41) is 3.68. The van der Waals surface area contributed by atoms with Crippen molar-refractivity contribution in [3.05, 3.63) is 34.1 Å². The van der Waals surface area contributed by atoms with E-state index in [0.29, 0.717) is 6.04 Å². The molecule has 0 amide bonds. The van der Waals surface area contributed by atoms with Crippen LogP contribution in [0.4, 0.5) is 4.39 Å². The second kappa shape index (κ2) is 7.56. The van der Waals surface area contributed by atoms with Crippen LogP contribution in [-0.2, 0) is 6.42 Å². The molecule has 0 heterocycles. The second-order valence-electron chi connectivity index (χ2n) is 6.18. The lowest BCUT2D eigenvalue weighted by Gasteiger charge is -2.25. The lowest BCUT2D eigenvalue weighted by molar-refractivity contribution is 0.348. The van der Waals surface area contributed by atoms with E-state index < -0.39 is 0 Å². The minimum absolute atomic E-state index is 0.141. The highest BCUT2D eigenvalue weighted by atomic mass is 79.9. The van der Waals surface area contributed by atoms with Crippen LogP contribution in [0.1, 0.15) is 45.1 Å². The highest BCUT2D eigenvalue weighted by Crippen LogP contribution is 2.34. The molecule has 2 rings (SSSR count). The molecule has 1 aliphatic rings. The van der Waals surface area contributed by atoms with Gasteiger partial charge in [-0.2, -0.15) is 0 Å². The van der Waals surface area contributed by atoms with Gasteiger partial charge in [-0.15, -0.1) is 0 Å². The Labute approximate surface area is 130 Å². The van der Waals surface area contributed by atoms with Crippen LogP contribution in [-0.4, -0.2) is 12.6 Å². The molecule has 3 unspecified atom stereocenters. The molecule has 1 fully saturated rings. The average molecular weight is 342 g/mol. The fraction of sp³-hybridized carbons (Fsp3) is 0.647. The van der Waals surface area contributed by atoms with Crippen LogP contribution in [0.3, 0.4) is 0 Å². The maximum absolute atomic E-state index is 13.4.